The molecule has 0 spiro atoms. The molecule has 1 aromatic rings. The van der Waals surface area contributed by atoms with Crippen LogP contribution >= 0.6 is 31.9 Å². The minimum Gasteiger partial charge on any atom is -0.363 e. The highest BCUT2D eigenvalue weighted by Crippen LogP contribution is 2.46. The van der Waals surface area contributed by atoms with Crippen molar-refractivity contribution in [2.75, 3.05) is 5.33 Å². The maximum absolute atomic E-state index is 13.2. The molecule has 0 aromatic heterocycles. The smallest absolute Gasteiger partial charge is 0.253 e. The fourth-order valence-electron chi connectivity index (χ4n) is 3.85. The summed E-state index contributed by atoms with van der Waals surface area (Å²) in [4.78, 5) is 15.2. The van der Waals surface area contributed by atoms with Crippen LogP contribution in [0.5, 0.6) is 0 Å². The maximum Gasteiger partial charge on any atom is 0.253 e. The molecule has 5 heteroatoms. The predicted molar refractivity (Wildman–Crippen MR) is 103 cm³/mol. The first-order valence-corrected chi connectivity index (χ1v) is 10.8. The minimum absolute atomic E-state index is 0.0146. The molecule has 0 bridgehead atoms. The summed E-state index contributed by atoms with van der Waals surface area (Å²) in [5, 5.41) is 0.727. The molecule has 0 radical (unpaired) electrons. The molecule has 1 aromatic carbocycles. The Labute approximate surface area is 161 Å². The molecule has 0 N–H and O–H groups in total. The molecule has 1 aliphatic carbocycles. The zero-order chi connectivity index (χ0) is 17.2. The van der Waals surface area contributed by atoms with E-state index < -0.39 is 6.10 Å². The van der Waals surface area contributed by atoms with Crippen LogP contribution in [0.2, 0.25) is 0 Å². The Hall–Kier alpha value is -0.390. The van der Waals surface area contributed by atoms with Crippen molar-refractivity contribution in [1.82, 2.24) is 4.90 Å². The number of benzene rings is 1. The van der Waals surface area contributed by atoms with Crippen molar-refractivity contribution in [1.29, 1.82) is 0 Å². The summed E-state index contributed by atoms with van der Waals surface area (Å²) >= 11 is 7.45. The van der Waals surface area contributed by atoms with E-state index in [-0.39, 0.29) is 16.3 Å². The molecule has 1 aliphatic heterocycles. The highest BCUT2D eigenvalue weighted by molar-refractivity contribution is 9.10. The van der Waals surface area contributed by atoms with E-state index in [1.165, 1.54) is 19.3 Å². The van der Waals surface area contributed by atoms with Crippen molar-refractivity contribution in [3.05, 3.63) is 35.9 Å². The van der Waals surface area contributed by atoms with Gasteiger partial charge in [-0.2, -0.15) is 0 Å². The number of halogens is 2. The third-order valence-corrected chi connectivity index (χ3v) is 8.08. The van der Waals surface area contributed by atoms with Crippen molar-refractivity contribution >= 4 is 37.8 Å². The number of hydrogen-bond donors (Lipinski definition) is 0. The van der Waals surface area contributed by atoms with E-state index in [9.17, 15) is 4.79 Å². The van der Waals surface area contributed by atoms with Gasteiger partial charge in [0.1, 0.15) is 6.10 Å². The van der Waals surface area contributed by atoms with Crippen molar-refractivity contribution in [3.8, 4) is 0 Å². The van der Waals surface area contributed by atoms with Gasteiger partial charge in [0.25, 0.3) is 5.91 Å². The van der Waals surface area contributed by atoms with Crippen LogP contribution < -0.4 is 0 Å². The SMILES string of the molecule is C[C@]1(CBr)[C@H](OCc2ccccc2)C(=O)N(C2CCCCC2)[C@H]1Br. The van der Waals surface area contributed by atoms with Gasteiger partial charge >= 0.3 is 0 Å². The number of hydrogen-bond acceptors (Lipinski definition) is 2. The first-order valence-electron chi connectivity index (χ1n) is 8.75. The van der Waals surface area contributed by atoms with Crippen LogP contribution in [0.25, 0.3) is 0 Å². The van der Waals surface area contributed by atoms with Crippen LogP contribution in [-0.2, 0) is 16.1 Å². The second-order valence-corrected chi connectivity index (χ2v) is 8.62. The summed E-state index contributed by atoms with van der Waals surface area (Å²) in [5.74, 6) is 0.140. The van der Waals surface area contributed by atoms with Crippen LogP contribution in [0.15, 0.2) is 30.3 Å². The van der Waals surface area contributed by atoms with E-state index in [0.717, 1.165) is 23.7 Å². The molecule has 1 heterocycles. The number of nitrogens with zero attached hydrogens (tertiary/aromatic N) is 1. The van der Waals surface area contributed by atoms with Crippen molar-refractivity contribution < 1.29 is 9.53 Å². The number of carbonyl (C=O) groups excluding carboxylic acids is 1. The van der Waals surface area contributed by atoms with E-state index in [4.69, 9.17) is 4.74 Å². The molecule has 3 atom stereocenters. The van der Waals surface area contributed by atoms with Crippen molar-refractivity contribution in [2.24, 2.45) is 5.41 Å². The minimum atomic E-state index is -0.414. The van der Waals surface area contributed by atoms with Crippen LogP contribution in [0.1, 0.15) is 44.6 Å². The van der Waals surface area contributed by atoms with Gasteiger partial charge in [0.15, 0.2) is 0 Å². The summed E-state index contributed by atoms with van der Waals surface area (Å²) in [6.07, 6.45) is 5.52. The number of ether oxygens (including phenoxy) is 1. The summed E-state index contributed by atoms with van der Waals surface area (Å²) < 4.78 is 6.15. The van der Waals surface area contributed by atoms with Crippen LogP contribution in [-0.4, -0.2) is 33.2 Å². The summed E-state index contributed by atoms with van der Waals surface area (Å²) in [5.41, 5.74) is 0.827. The number of likely N-dealkylation sites (tertiary alicyclic amines) is 1. The van der Waals surface area contributed by atoms with Gasteiger partial charge in [-0.15, -0.1) is 0 Å². The molecule has 1 amide bonds. The summed E-state index contributed by atoms with van der Waals surface area (Å²) in [6.45, 7) is 2.61. The Kier molecular flexibility index (Phi) is 6.04. The van der Waals surface area contributed by atoms with E-state index in [2.05, 4.69) is 43.7 Å². The Balaban J connectivity index is 1.77. The predicted octanol–water partition coefficient (Wildman–Crippen LogP) is 4.87. The average molecular weight is 459 g/mol. The van der Waals surface area contributed by atoms with Gasteiger partial charge < -0.3 is 9.64 Å². The zero-order valence-corrected chi connectivity index (χ0v) is 17.3. The van der Waals surface area contributed by atoms with Crippen molar-refractivity contribution in [3.63, 3.8) is 0 Å². The van der Waals surface area contributed by atoms with Gasteiger partial charge in [0.05, 0.1) is 11.6 Å². The number of amides is 1. The van der Waals surface area contributed by atoms with Crippen LogP contribution in [0, 0.1) is 5.41 Å². The van der Waals surface area contributed by atoms with E-state index in [1.807, 2.05) is 30.3 Å². The first kappa shape index (κ1) is 18.4. The van der Waals surface area contributed by atoms with E-state index in [1.54, 1.807) is 0 Å². The van der Waals surface area contributed by atoms with Gasteiger partial charge in [-0.05, 0) is 18.4 Å². The Morgan fingerprint density at radius 3 is 2.50 bits per heavy atom. The fraction of sp³-hybridized carbons (Fsp3) is 0.632. The Morgan fingerprint density at radius 1 is 1.21 bits per heavy atom. The third-order valence-electron chi connectivity index (χ3n) is 5.38. The second-order valence-electron chi connectivity index (χ2n) is 7.19. The lowest BCUT2D eigenvalue weighted by molar-refractivity contribution is -0.142. The number of rotatable bonds is 5. The molecule has 3 nitrogen and oxygen atoms in total. The average Bonchev–Trinajstić information content (AvgIpc) is 2.81. The maximum atomic E-state index is 13.2. The summed E-state index contributed by atoms with van der Waals surface area (Å²) in [7, 11) is 0. The normalized spacial score (nSPS) is 31.6. The fourth-order valence-corrected chi connectivity index (χ4v) is 5.82. The molecule has 0 unspecified atom stereocenters. The molecule has 1 saturated carbocycles. The van der Waals surface area contributed by atoms with Crippen molar-refractivity contribution in [2.45, 2.75) is 62.7 Å². The molecule has 2 aliphatic rings. The van der Waals surface area contributed by atoms with Gasteiger partial charge in [-0.25, -0.2) is 0 Å². The molecule has 2 fully saturated rings. The molecule has 1 saturated heterocycles. The topological polar surface area (TPSA) is 29.5 Å². The highest BCUT2D eigenvalue weighted by atomic mass is 79.9. The highest BCUT2D eigenvalue weighted by Gasteiger charge is 2.57. The lowest BCUT2D eigenvalue weighted by atomic mass is 9.89. The molecule has 24 heavy (non-hydrogen) atoms. The lowest BCUT2D eigenvalue weighted by Crippen LogP contribution is -2.43. The molecule has 3 rings (SSSR count). The summed E-state index contributed by atoms with van der Waals surface area (Å²) in [6, 6.07) is 10.4. The monoisotopic (exact) mass is 457 g/mol. The van der Waals surface area contributed by atoms with E-state index in [0.29, 0.717) is 12.6 Å². The van der Waals surface area contributed by atoms with Gasteiger partial charge in [-0.1, -0.05) is 88.4 Å². The van der Waals surface area contributed by atoms with Gasteiger partial charge in [-0.3, -0.25) is 4.79 Å². The quantitative estimate of drug-likeness (QED) is 0.465. The number of carbonyl (C=O) groups is 1. The van der Waals surface area contributed by atoms with E-state index >= 15 is 0 Å². The van der Waals surface area contributed by atoms with Gasteiger partial charge in [0, 0.05) is 16.8 Å². The number of alkyl halides is 2. The first-order chi connectivity index (χ1) is 11.6. The third kappa shape index (κ3) is 3.45. The largest absolute Gasteiger partial charge is 0.363 e. The van der Waals surface area contributed by atoms with Crippen LogP contribution in [0.4, 0.5) is 0 Å². The Morgan fingerprint density at radius 2 is 1.88 bits per heavy atom. The van der Waals surface area contributed by atoms with Crippen LogP contribution in [0.3, 0.4) is 0 Å². The van der Waals surface area contributed by atoms with Gasteiger partial charge in [0.2, 0.25) is 0 Å². The molecular weight excluding hydrogens is 434 g/mol. The zero-order valence-electron chi connectivity index (χ0n) is 14.1. The molecular formula is C19H25Br2NO2. The standard InChI is InChI=1S/C19H25Br2NO2/c1-19(13-20)16(24-12-14-8-4-2-5-9-14)17(23)22(18(19)21)15-10-6-3-7-11-15/h2,4-5,8-9,15-16,18H,3,6-7,10-13H2,1H3/t16-,18-,19+/m1/s1. The Bertz CT molecular complexity index is 562. The molecule has 132 valence electrons. The lowest BCUT2D eigenvalue weighted by Gasteiger charge is -2.36. The second kappa shape index (κ2) is 7.88.